The molecule has 2 fully saturated rings. The predicted molar refractivity (Wildman–Crippen MR) is 110 cm³/mol. The van der Waals surface area contributed by atoms with Gasteiger partial charge in [0.25, 0.3) is 0 Å². The SMILES string of the molecule is Cc1ccc(CNC(=O)C2CCC3C(=O)N(c4ccccc4)C(=O)NC3C2)cc1. The van der Waals surface area contributed by atoms with E-state index in [9.17, 15) is 14.4 Å². The highest BCUT2D eigenvalue weighted by atomic mass is 16.2. The topological polar surface area (TPSA) is 78.5 Å². The summed E-state index contributed by atoms with van der Waals surface area (Å²) in [6.07, 6.45) is 1.73. The van der Waals surface area contributed by atoms with Crippen molar-refractivity contribution in [2.45, 2.75) is 38.8 Å². The van der Waals surface area contributed by atoms with Gasteiger partial charge in [-0.1, -0.05) is 48.0 Å². The van der Waals surface area contributed by atoms with Crippen molar-refractivity contribution in [1.29, 1.82) is 0 Å². The molecule has 6 heteroatoms. The normalized spacial score (nSPS) is 23.9. The molecule has 1 saturated heterocycles. The summed E-state index contributed by atoms with van der Waals surface area (Å²) >= 11 is 0. The Morgan fingerprint density at radius 3 is 2.52 bits per heavy atom. The molecule has 3 unspecified atom stereocenters. The molecule has 1 aliphatic heterocycles. The van der Waals surface area contributed by atoms with E-state index in [4.69, 9.17) is 0 Å². The van der Waals surface area contributed by atoms with E-state index in [0.29, 0.717) is 31.5 Å². The number of aryl methyl sites for hydroxylation is 1. The summed E-state index contributed by atoms with van der Waals surface area (Å²) in [5.74, 6) is -0.674. The van der Waals surface area contributed by atoms with E-state index in [2.05, 4.69) is 10.6 Å². The molecule has 0 aromatic heterocycles. The van der Waals surface area contributed by atoms with E-state index in [-0.39, 0.29) is 29.7 Å². The lowest BCUT2D eigenvalue weighted by atomic mass is 9.76. The van der Waals surface area contributed by atoms with Crippen LogP contribution in [0.3, 0.4) is 0 Å². The highest BCUT2D eigenvalue weighted by molar-refractivity contribution is 6.17. The van der Waals surface area contributed by atoms with Crippen molar-refractivity contribution >= 4 is 23.5 Å². The lowest BCUT2D eigenvalue weighted by Gasteiger charge is -2.41. The van der Waals surface area contributed by atoms with Crippen LogP contribution in [0.5, 0.6) is 0 Å². The molecule has 2 aromatic rings. The van der Waals surface area contributed by atoms with Crippen molar-refractivity contribution in [3.8, 4) is 0 Å². The number of carbonyl (C=O) groups excluding carboxylic acids is 3. The van der Waals surface area contributed by atoms with Gasteiger partial charge in [0.1, 0.15) is 0 Å². The van der Waals surface area contributed by atoms with Crippen LogP contribution in [0.15, 0.2) is 54.6 Å². The van der Waals surface area contributed by atoms with Gasteiger partial charge in [0, 0.05) is 18.5 Å². The minimum absolute atomic E-state index is 0.0174. The maximum atomic E-state index is 12.9. The standard InChI is InChI=1S/C23H25N3O3/c1-15-7-9-16(10-8-15)14-24-21(27)17-11-12-19-20(13-17)25-23(29)26(22(19)28)18-5-3-2-4-6-18/h2-10,17,19-20H,11-14H2,1H3,(H,24,27)(H,25,29). The molecule has 1 aliphatic carbocycles. The first-order valence-electron chi connectivity index (χ1n) is 10.1. The number of carbonyl (C=O) groups is 3. The zero-order valence-corrected chi connectivity index (χ0v) is 16.4. The number of imide groups is 1. The van der Waals surface area contributed by atoms with E-state index in [1.165, 1.54) is 10.5 Å². The first-order chi connectivity index (χ1) is 14.0. The molecule has 0 radical (unpaired) electrons. The summed E-state index contributed by atoms with van der Waals surface area (Å²) in [7, 11) is 0. The molecular weight excluding hydrogens is 366 g/mol. The van der Waals surface area contributed by atoms with Crippen LogP contribution in [0.2, 0.25) is 0 Å². The Balaban J connectivity index is 1.38. The fraction of sp³-hybridized carbons (Fsp3) is 0.348. The molecule has 3 atom stereocenters. The van der Waals surface area contributed by atoms with Crippen LogP contribution in [0.1, 0.15) is 30.4 Å². The number of rotatable bonds is 4. The van der Waals surface area contributed by atoms with Crippen LogP contribution >= 0.6 is 0 Å². The second-order valence-corrected chi connectivity index (χ2v) is 7.89. The highest BCUT2D eigenvalue weighted by Gasteiger charge is 2.45. The highest BCUT2D eigenvalue weighted by Crippen LogP contribution is 2.34. The van der Waals surface area contributed by atoms with Crippen LogP contribution in [0.4, 0.5) is 10.5 Å². The largest absolute Gasteiger partial charge is 0.352 e. The molecule has 4 rings (SSSR count). The monoisotopic (exact) mass is 391 g/mol. The number of nitrogens with zero attached hydrogens (tertiary/aromatic N) is 1. The Hall–Kier alpha value is -3.15. The lowest BCUT2D eigenvalue weighted by Crippen LogP contribution is -2.62. The fourth-order valence-corrected chi connectivity index (χ4v) is 4.21. The third-order valence-electron chi connectivity index (χ3n) is 5.87. The molecule has 2 aliphatic rings. The smallest absolute Gasteiger partial charge is 0.328 e. The van der Waals surface area contributed by atoms with Crippen LogP contribution in [0.25, 0.3) is 0 Å². The summed E-state index contributed by atoms with van der Waals surface area (Å²) in [4.78, 5) is 39.4. The number of anilines is 1. The van der Waals surface area contributed by atoms with Gasteiger partial charge in [0.2, 0.25) is 11.8 Å². The number of para-hydroxylation sites is 1. The summed E-state index contributed by atoms with van der Waals surface area (Å²) in [6, 6.07) is 16.3. The molecular formula is C23H25N3O3. The molecule has 1 heterocycles. The van der Waals surface area contributed by atoms with Gasteiger partial charge >= 0.3 is 6.03 Å². The first-order valence-corrected chi connectivity index (χ1v) is 10.1. The van der Waals surface area contributed by atoms with Gasteiger partial charge < -0.3 is 10.6 Å². The first kappa shape index (κ1) is 19.2. The van der Waals surface area contributed by atoms with Crippen molar-refractivity contribution in [2.24, 2.45) is 11.8 Å². The molecule has 150 valence electrons. The number of fused-ring (bicyclic) bond motifs is 1. The minimum atomic E-state index is -0.414. The second-order valence-electron chi connectivity index (χ2n) is 7.89. The maximum absolute atomic E-state index is 12.9. The number of benzene rings is 2. The summed E-state index contributed by atoms with van der Waals surface area (Å²) in [5, 5.41) is 5.94. The predicted octanol–water partition coefficient (Wildman–Crippen LogP) is 3.15. The quantitative estimate of drug-likeness (QED) is 0.840. The lowest BCUT2D eigenvalue weighted by molar-refractivity contribution is -0.130. The number of amides is 4. The molecule has 0 bridgehead atoms. The van der Waals surface area contributed by atoms with Gasteiger partial charge in [-0.3, -0.25) is 9.59 Å². The average molecular weight is 391 g/mol. The van der Waals surface area contributed by atoms with Gasteiger partial charge in [-0.25, -0.2) is 9.69 Å². The summed E-state index contributed by atoms with van der Waals surface area (Å²) in [5.41, 5.74) is 2.81. The van der Waals surface area contributed by atoms with Crippen molar-refractivity contribution in [3.63, 3.8) is 0 Å². The van der Waals surface area contributed by atoms with E-state index >= 15 is 0 Å². The van der Waals surface area contributed by atoms with Gasteiger partial charge in [0.05, 0.1) is 11.6 Å². The number of hydrogen-bond acceptors (Lipinski definition) is 3. The Morgan fingerprint density at radius 2 is 1.79 bits per heavy atom. The molecule has 2 aromatic carbocycles. The molecule has 6 nitrogen and oxygen atoms in total. The van der Waals surface area contributed by atoms with Gasteiger partial charge in [-0.15, -0.1) is 0 Å². The second kappa shape index (κ2) is 8.07. The molecule has 1 saturated carbocycles. The summed E-state index contributed by atoms with van der Waals surface area (Å²) < 4.78 is 0. The van der Waals surface area contributed by atoms with E-state index in [0.717, 1.165) is 5.56 Å². The number of nitrogens with one attached hydrogen (secondary N) is 2. The number of hydrogen-bond donors (Lipinski definition) is 2. The van der Waals surface area contributed by atoms with E-state index < -0.39 is 6.03 Å². The van der Waals surface area contributed by atoms with Crippen LogP contribution in [-0.2, 0) is 16.1 Å². The van der Waals surface area contributed by atoms with Crippen molar-refractivity contribution in [1.82, 2.24) is 10.6 Å². The van der Waals surface area contributed by atoms with Gasteiger partial charge in [-0.05, 0) is 43.9 Å². The van der Waals surface area contributed by atoms with Crippen molar-refractivity contribution in [2.75, 3.05) is 4.90 Å². The van der Waals surface area contributed by atoms with Crippen LogP contribution in [-0.4, -0.2) is 23.9 Å². The Morgan fingerprint density at radius 1 is 1.07 bits per heavy atom. The van der Waals surface area contributed by atoms with Gasteiger partial charge in [0.15, 0.2) is 0 Å². The van der Waals surface area contributed by atoms with Crippen molar-refractivity contribution < 1.29 is 14.4 Å². The molecule has 2 N–H and O–H groups in total. The zero-order chi connectivity index (χ0) is 20.4. The minimum Gasteiger partial charge on any atom is -0.352 e. The third-order valence-corrected chi connectivity index (χ3v) is 5.87. The van der Waals surface area contributed by atoms with Crippen molar-refractivity contribution in [3.05, 3.63) is 65.7 Å². The average Bonchev–Trinajstić information content (AvgIpc) is 2.73. The zero-order valence-electron chi connectivity index (χ0n) is 16.4. The van der Waals surface area contributed by atoms with E-state index in [1.807, 2.05) is 37.3 Å². The maximum Gasteiger partial charge on any atom is 0.328 e. The van der Waals surface area contributed by atoms with Gasteiger partial charge in [-0.2, -0.15) is 0 Å². The Labute approximate surface area is 170 Å². The molecule has 4 amide bonds. The molecule has 29 heavy (non-hydrogen) atoms. The van der Waals surface area contributed by atoms with Crippen LogP contribution in [0, 0.1) is 18.8 Å². The third kappa shape index (κ3) is 4.01. The fourth-order valence-electron chi connectivity index (χ4n) is 4.21. The summed E-state index contributed by atoms with van der Waals surface area (Å²) in [6.45, 7) is 2.51. The van der Waals surface area contributed by atoms with Crippen LogP contribution < -0.4 is 15.5 Å². The molecule has 0 spiro atoms. The Kier molecular flexibility index (Phi) is 5.34. The Bertz CT molecular complexity index is 911. The number of urea groups is 1. The van der Waals surface area contributed by atoms with E-state index in [1.54, 1.807) is 24.3 Å².